The van der Waals surface area contributed by atoms with Crippen LogP contribution in [0.3, 0.4) is 0 Å². The fraction of sp³-hybridized carbons (Fsp3) is 0.0250. The summed E-state index contributed by atoms with van der Waals surface area (Å²) in [5.74, 6) is 1.30. The molecule has 0 radical (unpaired) electrons. The first-order valence-corrected chi connectivity index (χ1v) is 14.5. The standard InChI is InChI=1S/C40H27NO2/c1-3-25-12-5-7-15-30(25)29(4-2)28-22-35-33-17-9-10-18-34(33)40(42)41-36-21-20-27(23-37(36)43-38(24-28)39(35)41)32-19-11-14-26-13-6-8-16-31(26)32/h3-24H,2H2,1H3/b25-3-,30-29+. The van der Waals surface area contributed by atoms with E-state index in [0.717, 1.165) is 54.7 Å². The van der Waals surface area contributed by atoms with Crippen molar-refractivity contribution in [2.24, 2.45) is 0 Å². The van der Waals surface area contributed by atoms with E-state index < -0.39 is 0 Å². The number of allylic oxidation sites excluding steroid dienone is 1. The van der Waals surface area contributed by atoms with Crippen molar-refractivity contribution < 1.29 is 4.74 Å². The second kappa shape index (κ2) is 9.71. The maximum absolute atomic E-state index is 14.1. The Balaban J connectivity index is 1.45. The molecule has 204 valence electrons. The maximum atomic E-state index is 14.1. The summed E-state index contributed by atoms with van der Waals surface area (Å²) in [6.45, 7) is 6.24. The van der Waals surface area contributed by atoms with Crippen molar-refractivity contribution in [3.05, 3.63) is 160 Å². The molecule has 0 atom stereocenters. The highest BCUT2D eigenvalue weighted by Gasteiger charge is 2.25. The fourth-order valence-corrected chi connectivity index (χ4v) is 6.55. The van der Waals surface area contributed by atoms with Crippen LogP contribution in [0.2, 0.25) is 0 Å². The molecule has 0 saturated heterocycles. The Hall–Kier alpha value is -5.67. The van der Waals surface area contributed by atoms with Gasteiger partial charge in [-0.15, -0.1) is 0 Å². The quantitative estimate of drug-likeness (QED) is 0.206. The SMILES string of the molecule is C=C/C(c1cc2c3c(c1)c1ccccc1c(=O)n3-c1ccc(-c3cccc4ccccc34)cc1O2)=c1/cccc/c1=C/C. The van der Waals surface area contributed by atoms with Crippen LogP contribution in [0.25, 0.3) is 60.9 Å². The predicted octanol–water partition coefficient (Wildman–Crippen LogP) is 8.26. The van der Waals surface area contributed by atoms with Crippen LogP contribution in [-0.2, 0) is 0 Å². The third-order valence-electron chi connectivity index (χ3n) is 8.55. The number of aromatic nitrogens is 1. The zero-order valence-corrected chi connectivity index (χ0v) is 23.7. The van der Waals surface area contributed by atoms with Crippen molar-refractivity contribution in [1.29, 1.82) is 0 Å². The van der Waals surface area contributed by atoms with Crippen molar-refractivity contribution in [2.45, 2.75) is 6.92 Å². The molecule has 0 unspecified atom stereocenters. The van der Waals surface area contributed by atoms with E-state index in [1.54, 1.807) is 0 Å². The van der Waals surface area contributed by atoms with Gasteiger partial charge in [-0.25, -0.2) is 0 Å². The van der Waals surface area contributed by atoms with Gasteiger partial charge in [-0.2, -0.15) is 0 Å². The molecule has 3 heteroatoms. The lowest BCUT2D eigenvalue weighted by Crippen LogP contribution is -2.26. The molecule has 0 fully saturated rings. The molecule has 0 amide bonds. The summed E-state index contributed by atoms with van der Waals surface area (Å²) in [4.78, 5) is 14.1. The van der Waals surface area contributed by atoms with Crippen LogP contribution >= 0.6 is 0 Å². The second-order valence-electron chi connectivity index (χ2n) is 10.9. The molecular formula is C40H27NO2. The zero-order valence-electron chi connectivity index (χ0n) is 23.7. The first kappa shape index (κ1) is 25.1. The van der Waals surface area contributed by atoms with E-state index in [1.807, 2.05) is 66.1 Å². The molecule has 0 spiro atoms. The molecule has 1 aromatic heterocycles. The van der Waals surface area contributed by atoms with Gasteiger partial charge in [0.2, 0.25) is 0 Å². The molecule has 1 aliphatic heterocycles. The van der Waals surface area contributed by atoms with Crippen molar-refractivity contribution >= 4 is 44.1 Å². The highest BCUT2D eigenvalue weighted by atomic mass is 16.5. The number of hydrogen-bond donors (Lipinski definition) is 0. The minimum Gasteiger partial charge on any atom is -0.453 e. The number of benzene rings is 6. The molecule has 1 aliphatic rings. The van der Waals surface area contributed by atoms with Crippen LogP contribution in [0, 0.1) is 0 Å². The maximum Gasteiger partial charge on any atom is 0.263 e. The molecule has 43 heavy (non-hydrogen) atoms. The van der Waals surface area contributed by atoms with Gasteiger partial charge in [0.15, 0.2) is 11.5 Å². The smallest absolute Gasteiger partial charge is 0.263 e. The van der Waals surface area contributed by atoms with E-state index in [1.165, 1.54) is 10.8 Å². The molecular weight excluding hydrogens is 526 g/mol. The molecule has 7 aromatic rings. The van der Waals surface area contributed by atoms with Gasteiger partial charge in [0.25, 0.3) is 5.56 Å². The largest absolute Gasteiger partial charge is 0.453 e. The number of fused-ring (bicyclic) bond motifs is 5. The van der Waals surface area contributed by atoms with Crippen LogP contribution in [-0.4, -0.2) is 4.57 Å². The first-order chi connectivity index (χ1) is 21.2. The van der Waals surface area contributed by atoms with Gasteiger partial charge >= 0.3 is 0 Å². The van der Waals surface area contributed by atoms with E-state index in [4.69, 9.17) is 4.74 Å². The third kappa shape index (κ3) is 3.79. The van der Waals surface area contributed by atoms with Crippen LogP contribution in [0.5, 0.6) is 11.5 Å². The topological polar surface area (TPSA) is 31.2 Å². The van der Waals surface area contributed by atoms with Crippen LogP contribution in [0.15, 0.2) is 139 Å². The van der Waals surface area contributed by atoms with Crippen molar-refractivity contribution in [2.75, 3.05) is 0 Å². The second-order valence-corrected chi connectivity index (χ2v) is 10.9. The molecule has 0 saturated carbocycles. The molecule has 6 aromatic carbocycles. The Morgan fingerprint density at radius 1 is 0.721 bits per heavy atom. The molecule has 3 nitrogen and oxygen atoms in total. The number of ether oxygens (including phenoxy) is 1. The molecule has 8 rings (SSSR count). The lowest BCUT2D eigenvalue weighted by molar-refractivity contribution is 0.474. The summed E-state index contributed by atoms with van der Waals surface area (Å²) in [6, 6.07) is 41.2. The van der Waals surface area contributed by atoms with E-state index in [-0.39, 0.29) is 5.56 Å². The van der Waals surface area contributed by atoms with E-state index in [0.29, 0.717) is 16.9 Å². The molecule has 0 N–H and O–H groups in total. The first-order valence-electron chi connectivity index (χ1n) is 14.5. The number of rotatable bonds is 3. The van der Waals surface area contributed by atoms with Gasteiger partial charge < -0.3 is 4.74 Å². The Kier molecular flexibility index (Phi) is 5.66. The van der Waals surface area contributed by atoms with Crippen LogP contribution in [0.4, 0.5) is 0 Å². The van der Waals surface area contributed by atoms with Gasteiger partial charge in [-0.05, 0) is 86.1 Å². The minimum absolute atomic E-state index is 0.0570. The Morgan fingerprint density at radius 2 is 1.47 bits per heavy atom. The van der Waals surface area contributed by atoms with Crippen molar-refractivity contribution in [3.63, 3.8) is 0 Å². The normalized spacial score (nSPS) is 13.2. The third-order valence-corrected chi connectivity index (χ3v) is 8.55. The average molecular weight is 554 g/mol. The van der Waals surface area contributed by atoms with Gasteiger partial charge in [-0.1, -0.05) is 110 Å². The summed E-state index contributed by atoms with van der Waals surface area (Å²) >= 11 is 0. The van der Waals surface area contributed by atoms with Crippen LogP contribution in [0.1, 0.15) is 12.5 Å². The lowest BCUT2D eigenvalue weighted by Gasteiger charge is -2.25. The minimum atomic E-state index is -0.0570. The Bertz CT molecular complexity index is 2480. The average Bonchev–Trinajstić information content (AvgIpc) is 3.06. The summed E-state index contributed by atoms with van der Waals surface area (Å²) in [5.41, 5.74) is 5.60. The summed E-state index contributed by atoms with van der Waals surface area (Å²) in [5, 5.41) is 7.12. The van der Waals surface area contributed by atoms with Gasteiger partial charge in [0, 0.05) is 10.8 Å². The van der Waals surface area contributed by atoms with Gasteiger partial charge in [0.05, 0.1) is 11.2 Å². The highest BCUT2D eigenvalue weighted by molar-refractivity contribution is 6.10. The van der Waals surface area contributed by atoms with Crippen molar-refractivity contribution in [1.82, 2.24) is 4.57 Å². The molecule has 0 aliphatic carbocycles. The monoisotopic (exact) mass is 553 g/mol. The number of hydrogen-bond acceptors (Lipinski definition) is 2. The summed E-state index contributed by atoms with van der Waals surface area (Å²) in [7, 11) is 0. The Morgan fingerprint density at radius 3 is 2.30 bits per heavy atom. The van der Waals surface area contributed by atoms with Crippen LogP contribution < -0.4 is 20.7 Å². The fourth-order valence-electron chi connectivity index (χ4n) is 6.55. The highest BCUT2D eigenvalue weighted by Crippen LogP contribution is 2.44. The summed E-state index contributed by atoms with van der Waals surface area (Å²) in [6.07, 6.45) is 4.02. The number of nitrogens with zero attached hydrogens (tertiary/aromatic N) is 1. The predicted molar refractivity (Wildman–Crippen MR) is 179 cm³/mol. The van der Waals surface area contributed by atoms with Gasteiger partial charge in [-0.3, -0.25) is 9.36 Å². The lowest BCUT2D eigenvalue weighted by atomic mass is 9.95. The summed E-state index contributed by atoms with van der Waals surface area (Å²) < 4.78 is 8.56. The number of pyridine rings is 1. The molecule has 2 heterocycles. The van der Waals surface area contributed by atoms with E-state index in [9.17, 15) is 4.79 Å². The van der Waals surface area contributed by atoms with Crippen molar-refractivity contribution in [3.8, 4) is 28.3 Å². The van der Waals surface area contributed by atoms with Gasteiger partial charge in [0.1, 0.15) is 0 Å². The molecule has 0 bridgehead atoms. The zero-order chi connectivity index (χ0) is 29.1. The van der Waals surface area contributed by atoms with E-state index >= 15 is 0 Å². The van der Waals surface area contributed by atoms with E-state index in [2.05, 4.69) is 85.5 Å². The Labute approximate surface area is 248 Å².